The number of nitrogens with zero attached hydrogens (tertiary/aromatic N) is 1. The van der Waals surface area contributed by atoms with Gasteiger partial charge in [-0.1, -0.05) is 16.8 Å². The molecular formula is C10H7ClF2N2O2. The zero-order valence-corrected chi connectivity index (χ0v) is 9.39. The molecule has 17 heavy (non-hydrogen) atoms. The molecule has 1 heterocycles. The Hall–Kier alpha value is -1.82. The van der Waals surface area contributed by atoms with Gasteiger partial charge in [-0.05, 0) is 6.07 Å². The van der Waals surface area contributed by atoms with Crippen LogP contribution in [0.15, 0.2) is 16.8 Å². The highest BCUT2D eigenvalue weighted by Gasteiger charge is 2.23. The molecule has 2 aromatic rings. The first kappa shape index (κ1) is 11.7. The van der Waals surface area contributed by atoms with Crippen LogP contribution in [0.1, 0.15) is 0 Å². The summed E-state index contributed by atoms with van der Waals surface area (Å²) in [6, 6.07) is 0.822. The molecule has 4 nitrogen and oxygen atoms in total. The van der Waals surface area contributed by atoms with Crippen LogP contribution < -0.4 is 10.5 Å². The van der Waals surface area contributed by atoms with Gasteiger partial charge in [0.25, 0.3) is 0 Å². The zero-order valence-electron chi connectivity index (χ0n) is 8.63. The predicted molar refractivity (Wildman–Crippen MR) is 57.8 cm³/mol. The second-order valence-electron chi connectivity index (χ2n) is 3.17. The van der Waals surface area contributed by atoms with E-state index in [1.807, 2.05) is 0 Å². The van der Waals surface area contributed by atoms with E-state index in [-0.39, 0.29) is 27.8 Å². The molecular weight excluding hydrogens is 254 g/mol. The van der Waals surface area contributed by atoms with Crippen molar-refractivity contribution in [2.45, 2.75) is 0 Å². The lowest BCUT2D eigenvalue weighted by Crippen LogP contribution is -1.97. The van der Waals surface area contributed by atoms with Gasteiger partial charge in [-0.3, -0.25) is 0 Å². The van der Waals surface area contributed by atoms with E-state index in [2.05, 4.69) is 9.68 Å². The van der Waals surface area contributed by atoms with E-state index in [4.69, 9.17) is 22.1 Å². The van der Waals surface area contributed by atoms with Gasteiger partial charge in [0.1, 0.15) is 0 Å². The minimum atomic E-state index is -0.847. The Kier molecular flexibility index (Phi) is 2.89. The van der Waals surface area contributed by atoms with Gasteiger partial charge < -0.3 is 15.0 Å². The highest BCUT2D eigenvalue weighted by Crippen LogP contribution is 2.40. The van der Waals surface area contributed by atoms with E-state index in [1.54, 1.807) is 0 Å². The maximum Gasteiger partial charge on any atom is 0.230 e. The maximum absolute atomic E-state index is 13.9. The molecule has 90 valence electrons. The molecule has 1 aromatic heterocycles. The Morgan fingerprint density at radius 3 is 2.71 bits per heavy atom. The Morgan fingerprint density at radius 1 is 1.47 bits per heavy atom. The summed E-state index contributed by atoms with van der Waals surface area (Å²) in [5.41, 5.74) is 5.32. The summed E-state index contributed by atoms with van der Waals surface area (Å²) < 4.78 is 36.8. The molecule has 1 aromatic carbocycles. The topological polar surface area (TPSA) is 61.3 Å². The van der Waals surface area contributed by atoms with Crippen molar-refractivity contribution in [2.75, 3.05) is 12.8 Å². The van der Waals surface area contributed by atoms with Crippen LogP contribution in [0.4, 0.5) is 14.7 Å². The molecule has 0 atom stereocenters. The van der Waals surface area contributed by atoms with Crippen molar-refractivity contribution in [1.29, 1.82) is 0 Å². The van der Waals surface area contributed by atoms with Crippen molar-refractivity contribution >= 4 is 17.5 Å². The largest absolute Gasteiger partial charge is 0.493 e. The fraction of sp³-hybridized carbons (Fsp3) is 0.100. The number of hydrogen-bond donors (Lipinski definition) is 1. The molecule has 0 saturated heterocycles. The van der Waals surface area contributed by atoms with Gasteiger partial charge in [0.15, 0.2) is 17.4 Å². The molecule has 7 heteroatoms. The van der Waals surface area contributed by atoms with Crippen LogP contribution in [0.5, 0.6) is 5.75 Å². The summed E-state index contributed by atoms with van der Waals surface area (Å²) in [5, 5.41) is 3.01. The first-order valence-electron chi connectivity index (χ1n) is 4.48. The van der Waals surface area contributed by atoms with Gasteiger partial charge >= 0.3 is 0 Å². The molecule has 0 spiro atoms. The van der Waals surface area contributed by atoms with Crippen LogP contribution in [0.2, 0.25) is 5.02 Å². The average molecular weight is 261 g/mol. The monoisotopic (exact) mass is 260 g/mol. The van der Waals surface area contributed by atoms with E-state index in [1.165, 1.54) is 7.11 Å². The number of nitrogens with two attached hydrogens (primary N) is 1. The molecule has 2 rings (SSSR count). The zero-order chi connectivity index (χ0) is 12.6. The van der Waals surface area contributed by atoms with E-state index < -0.39 is 11.6 Å². The number of halogens is 3. The molecule has 0 amide bonds. The van der Waals surface area contributed by atoms with Gasteiger partial charge in [0, 0.05) is 0 Å². The molecule has 2 N–H and O–H groups in total. The number of aromatic nitrogens is 1. The van der Waals surface area contributed by atoms with Crippen LogP contribution in [0.3, 0.4) is 0 Å². The highest BCUT2D eigenvalue weighted by molar-refractivity contribution is 6.31. The van der Waals surface area contributed by atoms with Crippen LogP contribution in [-0.2, 0) is 0 Å². The first-order valence-corrected chi connectivity index (χ1v) is 4.86. The number of methoxy groups -OCH3 is 1. The quantitative estimate of drug-likeness (QED) is 0.844. The summed E-state index contributed by atoms with van der Waals surface area (Å²) in [5.74, 6) is -2.10. The van der Waals surface area contributed by atoms with E-state index >= 15 is 0 Å². The third-order valence-corrected chi connectivity index (χ3v) is 2.47. The van der Waals surface area contributed by atoms with Crippen LogP contribution in [0, 0.1) is 11.6 Å². The van der Waals surface area contributed by atoms with E-state index in [0.717, 1.165) is 12.3 Å². The molecule has 0 bridgehead atoms. The Bertz CT molecular complexity index is 572. The summed E-state index contributed by atoms with van der Waals surface area (Å²) in [7, 11) is 1.21. The minimum Gasteiger partial charge on any atom is -0.493 e. The minimum absolute atomic E-state index is 0.0840. The molecule has 0 aliphatic heterocycles. The van der Waals surface area contributed by atoms with Gasteiger partial charge in [0.05, 0.1) is 29.5 Å². The highest BCUT2D eigenvalue weighted by atomic mass is 35.5. The smallest absolute Gasteiger partial charge is 0.230 e. The third kappa shape index (κ3) is 1.80. The standard InChI is InChI=1S/C10H7ClF2N2O2/c1-16-9-6(12)2-5(11)8(13)7(9)4-3-15-17-10(4)14/h2-3H,14H2,1H3. The van der Waals surface area contributed by atoms with Gasteiger partial charge in [0.2, 0.25) is 5.88 Å². The molecule has 0 aliphatic carbocycles. The van der Waals surface area contributed by atoms with Gasteiger partial charge in [-0.2, -0.15) is 0 Å². The third-order valence-electron chi connectivity index (χ3n) is 2.20. The number of hydrogen-bond acceptors (Lipinski definition) is 4. The Labute approximate surface area is 99.9 Å². The molecule has 0 fully saturated rings. The molecule has 0 unspecified atom stereocenters. The predicted octanol–water partition coefficient (Wildman–Crippen LogP) is 2.86. The summed E-state index contributed by atoms with van der Waals surface area (Å²) in [6.45, 7) is 0. The Morgan fingerprint density at radius 2 is 2.18 bits per heavy atom. The van der Waals surface area contributed by atoms with Crippen molar-refractivity contribution in [3.05, 3.63) is 28.9 Å². The average Bonchev–Trinajstić information content (AvgIpc) is 2.69. The number of nitrogen functional groups attached to an aromatic ring is 1. The summed E-state index contributed by atoms with van der Waals surface area (Å²) in [4.78, 5) is 0. The van der Waals surface area contributed by atoms with Crippen LogP contribution >= 0.6 is 11.6 Å². The summed E-state index contributed by atoms with van der Waals surface area (Å²) in [6.07, 6.45) is 1.16. The fourth-order valence-electron chi connectivity index (χ4n) is 1.46. The molecule has 0 saturated carbocycles. The van der Waals surface area contributed by atoms with Crippen molar-refractivity contribution in [3.8, 4) is 16.9 Å². The molecule has 0 aliphatic rings. The van der Waals surface area contributed by atoms with E-state index in [9.17, 15) is 8.78 Å². The Balaban J connectivity index is 2.80. The lowest BCUT2D eigenvalue weighted by molar-refractivity contribution is 0.385. The number of anilines is 1. The van der Waals surface area contributed by atoms with Crippen molar-refractivity contribution in [1.82, 2.24) is 5.16 Å². The van der Waals surface area contributed by atoms with Gasteiger partial charge in [-0.25, -0.2) is 8.78 Å². The summed E-state index contributed by atoms with van der Waals surface area (Å²) >= 11 is 5.55. The molecule has 0 radical (unpaired) electrons. The van der Waals surface area contributed by atoms with Gasteiger partial charge in [-0.15, -0.1) is 0 Å². The maximum atomic E-state index is 13.9. The van der Waals surface area contributed by atoms with Crippen molar-refractivity contribution in [2.24, 2.45) is 0 Å². The van der Waals surface area contributed by atoms with Crippen LogP contribution in [0.25, 0.3) is 11.1 Å². The first-order chi connectivity index (χ1) is 8.06. The SMILES string of the molecule is COc1c(F)cc(Cl)c(F)c1-c1cnoc1N. The fourth-order valence-corrected chi connectivity index (χ4v) is 1.65. The lowest BCUT2D eigenvalue weighted by atomic mass is 10.1. The van der Waals surface area contributed by atoms with Crippen LogP contribution in [-0.4, -0.2) is 12.3 Å². The lowest BCUT2D eigenvalue weighted by Gasteiger charge is -2.10. The number of ether oxygens (including phenoxy) is 1. The van der Waals surface area contributed by atoms with E-state index in [0.29, 0.717) is 0 Å². The normalized spacial score (nSPS) is 10.6. The van der Waals surface area contributed by atoms with Crippen molar-refractivity contribution in [3.63, 3.8) is 0 Å². The second kappa shape index (κ2) is 4.21. The number of rotatable bonds is 2. The van der Waals surface area contributed by atoms with Crippen molar-refractivity contribution < 1.29 is 18.0 Å². The second-order valence-corrected chi connectivity index (χ2v) is 3.57. The number of benzene rings is 1.